The van der Waals surface area contributed by atoms with Gasteiger partial charge in [0.2, 0.25) is 0 Å². The molecule has 5 fully saturated rings. The maximum atomic E-state index is 5.10. The summed E-state index contributed by atoms with van der Waals surface area (Å²) in [6, 6.07) is 0. The largest absolute Gasteiger partial charge is 0.379 e. The molecule has 5 saturated heterocycles. The highest BCUT2D eigenvalue weighted by atomic mass is 16.5. The molecule has 0 atom stereocenters. The summed E-state index contributed by atoms with van der Waals surface area (Å²) < 4.78 is 5.10. The van der Waals surface area contributed by atoms with Gasteiger partial charge in [-0.3, -0.25) is 0 Å². The standard InChI is InChI=1S/C7H15N.2C6H13N.C5H11NO.C5H11N/c1-8-6-4-2-3-5-7-8;2*1-7-5-3-2-4-6-7;1-6-2-4-7-5-3-6;1-6-4-2-3-5-6/h2-7H2,1H3;2*2-6H2,1H3;2-5H2,1H3;2-5H2,1H3. The Bertz CT molecular complexity index is 383. The molecular weight excluding hydrogens is 434 g/mol. The molecule has 5 rings (SSSR count). The summed E-state index contributed by atoms with van der Waals surface area (Å²) in [6.07, 6.45) is 17.1. The third-order valence-electron chi connectivity index (χ3n) is 7.55. The van der Waals surface area contributed by atoms with Gasteiger partial charge >= 0.3 is 0 Å². The molecule has 5 aliphatic rings. The molecule has 0 aromatic rings. The third kappa shape index (κ3) is 21.5. The van der Waals surface area contributed by atoms with Gasteiger partial charge in [0.05, 0.1) is 13.2 Å². The van der Waals surface area contributed by atoms with Crippen LogP contribution in [0.3, 0.4) is 0 Å². The van der Waals surface area contributed by atoms with Crippen molar-refractivity contribution in [3.05, 3.63) is 0 Å². The van der Waals surface area contributed by atoms with E-state index in [1.54, 1.807) is 0 Å². The Morgan fingerprint density at radius 2 is 0.486 bits per heavy atom. The zero-order valence-electron chi connectivity index (χ0n) is 24.6. The minimum absolute atomic E-state index is 0.913. The molecule has 0 saturated carbocycles. The summed E-state index contributed by atoms with van der Waals surface area (Å²) in [4.78, 5) is 11.8. The predicted octanol–water partition coefficient (Wildman–Crippen LogP) is 4.36. The van der Waals surface area contributed by atoms with E-state index in [9.17, 15) is 0 Å². The molecule has 0 N–H and O–H groups in total. The molecule has 0 bridgehead atoms. The number of piperidine rings is 2. The Kier molecular flexibility index (Phi) is 21.5. The SMILES string of the molecule is CN1CCCC1.CN1CCCCC1.CN1CCCCC1.CN1CCCCCC1.CN1CCOCC1. The van der Waals surface area contributed by atoms with E-state index in [0.29, 0.717) is 0 Å². The van der Waals surface area contributed by atoms with Crippen LogP contribution in [-0.2, 0) is 4.74 Å². The molecule has 0 aliphatic carbocycles. The van der Waals surface area contributed by atoms with Crippen molar-refractivity contribution in [2.45, 2.75) is 77.0 Å². The van der Waals surface area contributed by atoms with Crippen molar-refractivity contribution in [3.8, 4) is 0 Å². The van der Waals surface area contributed by atoms with E-state index in [-0.39, 0.29) is 0 Å². The molecule has 0 radical (unpaired) electrons. The van der Waals surface area contributed by atoms with Gasteiger partial charge in [-0.25, -0.2) is 0 Å². The summed E-state index contributed by atoms with van der Waals surface area (Å²) in [5.74, 6) is 0. The van der Waals surface area contributed by atoms with Crippen LogP contribution in [-0.4, -0.2) is 138 Å². The van der Waals surface area contributed by atoms with E-state index >= 15 is 0 Å². The second-order valence-electron chi connectivity index (χ2n) is 11.4. The number of nitrogens with zero attached hydrogens (tertiary/aromatic N) is 5. The molecule has 5 heterocycles. The average molecular weight is 498 g/mol. The molecule has 210 valence electrons. The van der Waals surface area contributed by atoms with Gasteiger partial charge in [0.15, 0.2) is 0 Å². The first-order valence-corrected chi connectivity index (χ1v) is 15.0. The fourth-order valence-corrected chi connectivity index (χ4v) is 4.86. The number of ether oxygens (including phenoxy) is 1. The van der Waals surface area contributed by atoms with E-state index in [0.717, 1.165) is 26.3 Å². The number of hydrogen-bond donors (Lipinski definition) is 0. The molecule has 0 unspecified atom stereocenters. The van der Waals surface area contributed by atoms with Gasteiger partial charge in [-0.05, 0) is 139 Å². The number of rotatable bonds is 0. The average Bonchev–Trinajstić information content (AvgIpc) is 3.22. The third-order valence-corrected chi connectivity index (χ3v) is 7.55. The zero-order valence-corrected chi connectivity index (χ0v) is 24.6. The second-order valence-corrected chi connectivity index (χ2v) is 11.4. The van der Waals surface area contributed by atoms with Gasteiger partial charge in [0, 0.05) is 13.1 Å². The second kappa shape index (κ2) is 22.9. The zero-order chi connectivity index (χ0) is 25.6. The van der Waals surface area contributed by atoms with Crippen LogP contribution in [0.2, 0.25) is 0 Å². The van der Waals surface area contributed by atoms with Crippen LogP contribution < -0.4 is 0 Å². The molecule has 0 aromatic carbocycles. The van der Waals surface area contributed by atoms with Gasteiger partial charge in [0.25, 0.3) is 0 Å². The van der Waals surface area contributed by atoms with Crippen LogP contribution in [0.5, 0.6) is 0 Å². The fraction of sp³-hybridized carbons (Fsp3) is 1.00. The first-order chi connectivity index (χ1) is 17.0. The number of likely N-dealkylation sites (tertiary alicyclic amines) is 4. The van der Waals surface area contributed by atoms with Crippen LogP contribution in [0.1, 0.15) is 77.0 Å². The molecule has 35 heavy (non-hydrogen) atoms. The topological polar surface area (TPSA) is 25.4 Å². The normalized spacial score (nSPS) is 25.3. The van der Waals surface area contributed by atoms with Crippen molar-refractivity contribution in [1.82, 2.24) is 24.5 Å². The number of morpholine rings is 1. The van der Waals surface area contributed by atoms with Crippen molar-refractivity contribution in [2.75, 3.05) is 114 Å². The highest BCUT2D eigenvalue weighted by molar-refractivity contribution is 4.60. The van der Waals surface area contributed by atoms with Gasteiger partial charge in [0.1, 0.15) is 0 Å². The van der Waals surface area contributed by atoms with Crippen molar-refractivity contribution in [2.24, 2.45) is 0 Å². The van der Waals surface area contributed by atoms with Crippen molar-refractivity contribution >= 4 is 0 Å². The summed E-state index contributed by atoms with van der Waals surface area (Å²) in [5, 5.41) is 0. The lowest BCUT2D eigenvalue weighted by molar-refractivity contribution is 0.0503. The van der Waals surface area contributed by atoms with Crippen LogP contribution in [0, 0.1) is 0 Å². The van der Waals surface area contributed by atoms with E-state index in [1.807, 2.05) is 0 Å². The van der Waals surface area contributed by atoms with Crippen LogP contribution in [0.4, 0.5) is 0 Å². The monoisotopic (exact) mass is 498 g/mol. The number of hydrogen-bond acceptors (Lipinski definition) is 6. The first-order valence-electron chi connectivity index (χ1n) is 15.0. The number of likely N-dealkylation sites (N-methyl/N-ethyl adjacent to an activating group) is 1. The predicted molar refractivity (Wildman–Crippen MR) is 154 cm³/mol. The Morgan fingerprint density at radius 1 is 0.286 bits per heavy atom. The van der Waals surface area contributed by atoms with E-state index in [2.05, 4.69) is 59.7 Å². The highest BCUT2D eigenvalue weighted by Crippen LogP contribution is 2.07. The first kappa shape index (κ1) is 32.8. The summed E-state index contributed by atoms with van der Waals surface area (Å²) in [5.41, 5.74) is 0. The minimum Gasteiger partial charge on any atom is -0.379 e. The van der Waals surface area contributed by atoms with Crippen molar-refractivity contribution in [3.63, 3.8) is 0 Å². The lowest BCUT2D eigenvalue weighted by atomic mass is 10.1. The Labute approximate surface area is 220 Å². The maximum Gasteiger partial charge on any atom is 0.0594 e. The molecule has 0 aromatic heterocycles. The summed E-state index contributed by atoms with van der Waals surface area (Å²) in [7, 11) is 10.9. The van der Waals surface area contributed by atoms with Crippen molar-refractivity contribution < 1.29 is 4.74 Å². The van der Waals surface area contributed by atoms with Crippen LogP contribution >= 0.6 is 0 Å². The maximum absolute atomic E-state index is 5.10. The van der Waals surface area contributed by atoms with Gasteiger partial charge in [-0.2, -0.15) is 0 Å². The Morgan fingerprint density at radius 3 is 0.686 bits per heavy atom. The summed E-state index contributed by atoms with van der Waals surface area (Å²) in [6.45, 7) is 14.6. The Hall–Kier alpha value is -0.240. The molecule has 0 spiro atoms. The smallest absolute Gasteiger partial charge is 0.0594 e. The molecule has 0 amide bonds. The van der Waals surface area contributed by atoms with E-state index in [1.165, 1.54) is 129 Å². The van der Waals surface area contributed by atoms with Crippen LogP contribution in [0.15, 0.2) is 0 Å². The molecule has 5 aliphatic heterocycles. The molecule has 6 heteroatoms. The highest BCUT2D eigenvalue weighted by Gasteiger charge is 2.05. The van der Waals surface area contributed by atoms with Crippen LogP contribution in [0.25, 0.3) is 0 Å². The van der Waals surface area contributed by atoms with E-state index < -0.39 is 0 Å². The van der Waals surface area contributed by atoms with Crippen molar-refractivity contribution in [1.29, 1.82) is 0 Å². The summed E-state index contributed by atoms with van der Waals surface area (Å²) >= 11 is 0. The quantitative estimate of drug-likeness (QED) is 0.493. The van der Waals surface area contributed by atoms with Gasteiger partial charge in [-0.1, -0.05) is 25.7 Å². The lowest BCUT2D eigenvalue weighted by Crippen LogP contribution is -2.32. The van der Waals surface area contributed by atoms with E-state index in [4.69, 9.17) is 4.74 Å². The lowest BCUT2D eigenvalue weighted by Gasteiger charge is -2.21. The Balaban J connectivity index is 0.000000219. The minimum atomic E-state index is 0.913. The van der Waals surface area contributed by atoms with Gasteiger partial charge < -0.3 is 29.2 Å². The fourth-order valence-electron chi connectivity index (χ4n) is 4.86. The van der Waals surface area contributed by atoms with Gasteiger partial charge in [-0.15, -0.1) is 0 Å². The molecule has 6 nitrogen and oxygen atoms in total. The molecular formula is C29H63N5O.